The molecule has 0 bridgehead atoms. The van der Waals surface area contributed by atoms with E-state index in [9.17, 15) is 19.8 Å². The fourth-order valence-corrected chi connectivity index (χ4v) is 2.46. The average Bonchev–Trinajstić information content (AvgIpc) is 2.21. The van der Waals surface area contributed by atoms with Crippen molar-refractivity contribution in [3.8, 4) is 0 Å². The van der Waals surface area contributed by atoms with Gasteiger partial charge in [0.05, 0.1) is 5.76 Å². The third kappa shape index (κ3) is 3.03. The average molecular weight is 255 g/mol. The topological polar surface area (TPSA) is 77.8 Å². The molecule has 0 radical (unpaired) electrons. The van der Waals surface area contributed by atoms with Gasteiger partial charge in [0, 0.05) is 18.5 Å². The van der Waals surface area contributed by atoms with Gasteiger partial charge in [-0.25, -0.2) is 4.79 Å². The number of amides is 1. The number of carboxylic acids is 1. The number of carboxylic acid groups (broad SMARTS) is 1. The Bertz CT molecular complexity index is 362. The number of aliphatic carboxylic acids is 1. The summed E-state index contributed by atoms with van der Waals surface area (Å²) in [6.45, 7) is 5.55. The van der Waals surface area contributed by atoms with Crippen molar-refractivity contribution in [3.63, 3.8) is 0 Å². The van der Waals surface area contributed by atoms with E-state index in [1.165, 1.54) is 4.90 Å². The number of carbonyl (C=O) groups is 2. The standard InChI is InChI=1S/C13H21NO4/c1-4-5-9-6-10(15)7-11(16)14(9)12(8(2)3)13(17)18/h7-9,12,15H,4-6H2,1-3H3,(H,17,18)/t9-,12+/m1/s1. The first-order valence-corrected chi connectivity index (χ1v) is 6.33. The van der Waals surface area contributed by atoms with E-state index in [-0.39, 0.29) is 17.7 Å². The van der Waals surface area contributed by atoms with Crippen LogP contribution in [0.1, 0.15) is 40.0 Å². The maximum Gasteiger partial charge on any atom is 0.326 e. The second kappa shape index (κ2) is 5.89. The molecule has 1 heterocycles. The molecule has 0 aliphatic carbocycles. The molecular weight excluding hydrogens is 234 g/mol. The van der Waals surface area contributed by atoms with Gasteiger partial charge in [0.1, 0.15) is 6.04 Å². The van der Waals surface area contributed by atoms with E-state index in [4.69, 9.17) is 0 Å². The Hall–Kier alpha value is -1.52. The minimum absolute atomic E-state index is 0.0441. The first-order valence-electron chi connectivity index (χ1n) is 6.33. The molecule has 2 N–H and O–H groups in total. The van der Waals surface area contributed by atoms with Gasteiger partial charge in [0.25, 0.3) is 5.91 Å². The lowest BCUT2D eigenvalue weighted by Crippen LogP contribution is -2.54. The van der Waals surface area contributed by atoms with E-state index in [1.54, 1.807) is 13.8 Å². The zero-order chi connectivity index (χ0) is 13.9. The predicted molar refractivity (Wildman–Crippen MR) is 67.1 cm³/mol. The van der Waals surface area contributed by atoms with Crippen molar-refractivity contribution in [2.45, 2.75) is 52.1 Å². The van der Waals surface area contributed by atoms with Gasteiger partial charge in [-0.05, 0) is 12.3 Å². The Kier molecular flexibility index (Phi) is 4.76. The SMILES string of the molecule is CCC[C@@H]1CC(O)=CC(=O)N1[C@H](C(=O)O)C(C)C. The van der Waals surface area contributed by atoms with Crippen LogP contribution in [0.3, 0.4) is 0 Å². The summed E-state index contributed by atoms with van der Waals surface area (Å²) in [5, 5.41) is 18.8. The largest absolute Gasteiger partial charge is 0.512 e. The van der Waals surface area contributed by atoms with Crippen molar-refractivity contribution in [3.05, 3.63) is 11.8 Å². The van der Waals surface area contributed by atoms with E-state index < -0.39 is 17.9 Å². The molecular formula is C13H21NO4. The molecule has 0 unspecified atom stereocenters. The van der Waals surface area contributed by atoms with Gasteiger partial charge < -0.3 is 15.1 Å². The summed E-state index contributed by atoms with van der Waals surface area (Å²) in [5.74, 6) is -1.52. The number of hydrogen-bond donors (Lipinski definition) is 2. The van der Waals surface area contributed by atoms with Gasteiger partial charge in [0.2, 0.25) is 0 Å². The van der Waals surface area contributed by atoms with Gasteiger partial charge in [0.15, 0.2) is 0 Å². The zero-order valence-electron chi connectivity index (χ0n) is 11.1. The van der Waals surface area contributed by atoms with Crippen LogP contribution in [0.25, 0.3) is 0 Å². The molecule has 1 aliphatic rings. The molecule has 0 aromatic rings. The van der Waals surface area contributed by atoms with Gasteiger partial charge in [-0.1, -0.05) is 27.2 Å². The molecule has 0 aromatic heterocycles. The molecule has 0 spiro atoms. The van der Waals surface area contributed by atoms with Crippen LogP contribution in [0.5, 0.6) is 0 Å². The number of aliphatic hydroxyl groups is 1. The van der Waals surface area contributed by atoms with Gasteiger partial charge in [-0.2, -0.15) is 0 Å². The number of nitrogens with zero attached hydrogens (tertiary/aromatic N) is 1. The molecule has 0 saturated carbocycles. The number of carbonyl (C=O) groups excluding carboxylic acids is 1. The van der Waals surface area contributed by atoms with Gasteiger partial charge in [-0.15, -0.1) is 0 Å². The predicted octanol–water partition coefficient (Wildman–Crippen LogP) is 1.94. The highest BCUT2D eigenvalue weighted by atomic mass is 16.4. The van der Waals surface area contributed by atoms with E-state index >= 15 is 0 Å². The first kappa shape index (κ1) is 14.5. The van der Waals surface area contributed by atoms with E-state index in [1.807, 2.05) is 6.92 Å². The maximum atomic E-state index is 12.0. The van der Waals surface area contributed by atoms with Crippen LogP contribution in [0.2, 0.25) is 0 Å². The van der Waals surface area contributed by atoms with E-state index in [0.29, 0.717) is 12.8 Å². The summed E-state index contributed by atoms with van der Waals surface area (Å²) < 4.78 is 0. The third-order valence-corrected chi connectivity index (χ3v) is 3.19. The quantitative estimate of drug-likeness (QED) is 0.787. The summed E-state index contributed by atoms with van der Waals surface area (Å²) >= 11 is 0. The normalized spacial score (nSPS) is 22.0. The lowest BCUT2D eigenvalue weighted by Gasteiger charge is -2.39. The Morgan fingerprint density at radius 3 is 2.61 bits per heavy atom. The Morgan fingerprint density at radius 2 is 2.17 bits per heavy atom. The van der Waals surface area contributed by atoms with E-state index in [2.05, 4.69) is 0 Å². The molecule has 0 aromatic carbocycles. The second-order valence-corrected chi connectivity index (χ2v) is 5.05. The molecule has 1 aliphatic heterocycles. The van der Waals surface area contributed by atoms with E-state index in [0.717, 1.165) is 12.5 Å². The Balaban J connectivity index is 3.06. The monoisotopic (exact) mass is 255 g/mol. The zero-order valence-corrected chi connectivity index (χ0v) is 11.1. The summed E-state index contributed by atoms with van der Waals surface area (Å²) in [6, 6.07) is -1.06. The molecule has 1 rings (SSSR count). The molecule has 1 amide bonds. The molecule has 0 saturated heterocycles. The van der Waals surface area contributed by atoms with Crippen LogP contribution in [-0.4, -0.2) is 39.1 Å². The van der Waals surface area contributed by atoms with Crippen LogP contribution < -0.4 is 0 Å². The lowest BCUT2D eigenvalue weighted by molar-refractivity contribution is -0.153. The number of aliphatic hydroxyl groups excluding tert-OH is 1. The van der Waals surface area contributed by atoms with Crippen molar-refractivity contribution in [1.82, 2.24) is 4.90 Å². The van der Waals surface area contributed by atoms with Gasteiger partial charge in [-0.3, -0.25) is 4.79 Å². The first-order chi connectivity index (χ1) is 8.38. The highest BCUT2D eigenvalue weighted by Crippen LogP contribution is 2.26. The minimum atomic E-state index is -0.991. The summed E-state index contributed by atoms with van der Waals surface area (Å²) in [7, 11) is 0. The lowest BCUT2D eigenvalue weighted by atomic mass is 9.94. The van der Waals surface area contributed by atoms with Crippen LogP contribution >= 0.6 is 0 Å². The summed E-state index contributed by atoms with van der Waals surface area (Å²) in [4.78, 5) is 24.7. The fraction of sp³-hybridized carbons (Fsp3) is 0.692. The maximum absolute atomic E-state index is 12.0. The van der Waals surface area contributed by atoms with Crippen LogP contribution in [-0.2, 0) is 9.59 Å². The van der Waals surface area contributed by atoms with Gasteiger partial charge >= 0.3 is 5.97 Å². The van der Waals surface area contributed by atoms with Crippen molar-refractivity contribution in [2.75, 3.05) is 0 Å². The summed E-state index contributed by atoms with van der Waals surface area (Å²) in [5.41, 5.74) is 0. The molecule has 18 heavy (non-hydrogen) atoms. The minimum Gasteiger partial charge on any atom is -0.512 e. The number of hydrogen-bond acceptors (Lipinski definition) is 3. The molecule has 2 atom stereocenters. The van der Waals surface area contributed by atoms with Crippen molar-refractivity contribution in [1.29, 1.82) is 0 Å². The Labute approximate surface area is 107 Å². The van der Waals surface area contributed by atoms with Crippen molar-refractivity contribution < 1.29 is 19.8 Å². The molecule has 102 valence electrons. The van der Waals surface area contributed by atoms with Crippen molar-refractivity contribution >= 4 is 11.9 Å². The Morgan fingerprint density at radius 1 is 1.56 bits per heavy atom. The fourth-order valence-electron chi connectivity index (χ4n) is 2.46. The highest BCUT2D eigenvalue weighted by molar-refractivity contribution is 5.92. The van der Waals surface area contributed by atoms with Crippen molar-refractivity contribution in [2.24, 2.45) is 5.92 Å². The smallest absolute Gasteiger partial charge is 0.326 e. The third-order valence-electron chi connectivity index (χ3n) is 3.19. The van der Waals surface area contributed by atoms with Crippen LogP contribution in [0, 0.1) is 5.92 Å². The second-order valence-electron chi connectivity index (χ2n) is 5.05. The number of rotatable bonds is 5. The van der Waals surface area contributed by atoms with Crippen LogP contribution in [0.4, 0.5) is 0 Å². The molecule has 5 nitrogen and oxygen atoms in total. The summed E-state index contributed by atoms with van der Waals surface area (Å²) in [6.07, 6.45) is 3.01. The molecule has 0 fully saturated rings. The molecule has 5 heteroatoms. The van der Waals surface area contributed by atoms with Crippen LogP contribution in [0.15, 0.2) is 11.8 Å². The highest BCUT2D eigenvalue weighted by Gasteiger charge is 2.38.